The van der Waals surface area contributed by atoms with Crippen LogP contribution in [0.25, 0.3) is 11.0 Å². The summed E-state index contributed by atoms with van der Waals surface area (Å²) in [5, 5.41) is 1.17. The fourth-order valence-electron chi connectivity index (χ4n) is 1.78. The van der Waals surface area contributed by atoms with Crippen LogP contribution >= 0.6 is 0 Å². The first kappa shape index (κ1) is 10.2. The number of aryl methyl sites for hydroxylation is 1. The molecule has 0 bridgehead atoms. The molecule has 15 heavy (non-hydrogen) atoms. The van der Waals surface area contributed by atoms with Crippen molar-refractivity contribution in [2.24, 2.45) is 5.73 Å². The number of hydrogen-bond donors (Lipinski definition) is 1. The molecule has 2 nitrogen and oxygen atoms in total. The van der Waals surface area contributed by atoms with Crippen molar-refractivity contribution in [3.8, 4) is 0 Å². The summed E-state index contributed by atoms with van der Waals surface area (Å²) < 4.78 is 5.55. The number of unbranched alkanes of at least 4 members (excludes halogenated alkanes) is 1. The third-order valence-electron chi connectivity index (χ3n) is 2.65. The zero-order valence-electron chi connectivity index (χ0n) is 9.12. The van der Waals surface area contributed by atoms with E-state index in [-0.39, 0.29) is 0 Å². The molecule has 0 aliphatic heterocycles. The predicted molar refractivity (Wildman–Crippen MR) is 62.7 cm³/mol. The van der Waals surface area contributed by atoms with Gasteiger partial charge >= 0.3 is 0 Å². The molecule has 0 amide bonds. The van der Waals surface area contributed by atoms with Gasteiger partial charge in [-0.05, 0) is 36.6 Å². The fourth-order valence-corrected chi connectivity index (χ4v) is 1.78. The van der Waals surface area contributed by atoms with Crippen LogP contribution in [0.3, 0.4) is 0 Å². The maximum atomic E-state index is 5.55. The first-order valence-corrected chi connectivity index (χ1v) is 5.55. The summed E-state index contributed by atoms with van der Waals surface area (Å²) in [6, 6.07) is 8.42. The minimum Gasteiger partial charge on any atom is -0.460 e. The van der Waals surface area contributed by atoms with Gasteiger partial charge in [-0.3, -0.25) is 0 Å². The van der Waals surface area contributed by atoms with Crippen molar-refractivity contribution in [3.05, 3.63) is 35.6 Å². The van der Waals surface area contributed by atoms with E-state index in [2.05, 4.69) is 19.1 Å². The Hall–Kier alpha value is -1.28. The Morgan fingerprint density at radius 3 is 2.87 bits per heavy atom. The normalized spacial score (nSPS) is 11.1. The first-order valence-electron chi connectivity index (χ1n) is 5.55. The Labute approximate surface area is 90.1 Å². The standard InChI is InChI=1S/C13H17NO/c1-2-3-4-10-5-6-13-11(7-10)8-12(9-14)15-13/h5-8H,2-4,9,14H2,1H3. The summed E-state index contributed by atoms with van der Waals surface area (Å²) in [4.78, 5) is 0. The fraction of sp³-hybridized carbons (Fsp3) is 0.385. The van der Waals surface area contributed by atoms with Gasteiger partial charge in [0.2, 0.25) is 0 Å². The Kier molecular flexibility index (Phi) is 3.07. The molecule has 0 radical (unpaired) electrons. The molecule has 1 aromatic heterocycles. The van der Waals surface area contributed by atoms with E-state index in [1.54, 1.807) is 0 Å². The topological polar surface area (TPSA) is 39.2 Å². The summed E-state index contributed by atoms with van der Waals surface area (Å²) in [6.45, 7) is 2.68. The predicted octanol–water partition coefficient (Wildman–Crippen LogP) is 3.23. The summed E-state index contributed by atoms with van der Waals surface area (Å²) in [5.74, 6) is 0.859. The van der Waals surface area contributed by atoms with Crippen LogP contribution in [-0.2, 0) is 13.0 Å². The maximum Gasteiger partial charge on any atom is 0.134 e. The summed E-state index contributed by atoms with van der Waals surface area (Å²) in [7, 11) is 0. The van der Waals surface area contributed by atoms with Gasteiger partial charge in [0.05, 0.1) is 6.54 Å². The van der Waals surface area contributed by atoms with E-state index in [1.807, 2.05) is 12.1 Å². The molecule has 1 heterocycles. The second-order valence-corrected chi connectivity index (χ2v) is 3.89. The van der Waals surface area contributed by atoms with Crippen LogP contribution in [0.5, 0.6) is 0 Å². The van der Waals surface area contributed by atoms with Gasteiger partial charge in [0.1, 0.15) is 11.3 Å². The molecule has 0 aliphatic rings. The van der Waals surface area contributed by atoms with Gasteiger partial charge in [0.15, 0.2) is 0 Å². The van der Waals surface area contributed by atoms with Gasteiger partial charge in [0.25, 0.3) is 0 Å². The van der Waals surface area contributed by atoms with Gasteiger partial charge < -0.3 is 10.2 Å². The average Bonchev–Trinajstić information content (AvgIpc) is 2.68. The van der Waals surface area contributed by atoms with Crippen molar-refractivity contribution in [2.45, 2.75) is 32.7 Å². The molecule has 0 atom stereocenters. The highest BCUT2D eigenvalue weighted by Gasteiger charge is 2.02. The third-order valence-corrected chi connectivity index (χ3v) is 2.65. The summed E-state index contributed by atoms with van der Waals surface area (Å²) in [6.07, 6.45) is 3.63. The van der Waals surface area contributed by atoms with Crippen LogP contribution in [0.2, 0.25) is 0 Å². The van der Waals surface area contributed by atoms with Crippen LogP contribution in [-0.4, -0.2) is 0 Å². The lowest BCUT2D eigenvalue weighted by atomic mass is 10.1. The largest absolute Gasteiger partial charge is 0.460 e. The zero-order valence-corrected chi connectivity index (χ0v) is 9.12. The lowest BCUT2D eigenvalue weighted by Gasteiger charge is -1.98. The van der Waals surface area contributed by atoms with Crippen molar-refractivity contribution in [3.63, 3.8) is 0 Å². The Bertz CT molecular complexity index is 445. The zero-order chi connectivity index (χ0) is 10.7. The highest BCUT2D eigenvalue weighted by Crippen LogP contribution is 2.21. The lowest BCUT2D eigenvalue weighted by molar-refractivity contribution is 0.552. The Balaban J connectivity index is 2.29. The molecule has 0 saturated carbocycles. The molecule has 2 rings (SSSR count). The second kappa shape index (κ2) is 4.49. The number of hydrogen-bond acceptors (Lipinski definition) is 2. The second-order valence-electron chi connectivity index (χ2n) is 3.89. The molecular formula is C13H17NO. The smallest absolute Gasteiger partial charge is 0.134 e. The number of benzene rings is 1. The quantitative estimate of drug-likeness (QED) is 0.828. The molecule has 0 aliphatic carbocycles. The average molecular weight is 203 g/mol. The van der Waals surface area contributed by atoms with Crippen LogP contribution in [0.4, 0.5) is 0 Å². The van der Waals surface area contributed by atoms with E-state index in [9.17, 15) is 0 Å². The number of furan rings is 1. The maximum absolute atomic E-state index is 5.55. The van der Waals surface area contributed by atoms with E-state index in [0.29, 0.717) is 6.54 Å². The van der Waals surface area contributed by atoms with Crippen molar-refractivity contribution < 1.29 is 4.42 Å². The van der Waals surface area contributed by atoms with Crippen molar-refractivity contribution >= 4 is 11.0 Å². The van der Waals surface area contributed by atoms with Crippen molar-refractivity contribution in [1.82, 2.24) is 0 Å². The number of nitrogens with two attached hydrogens (primary N) is 1. The molecule has 1 aromatic carbocycles. The van der Waals surface area contributed by atoms with E-state index < -0.39 is 0 Å². The number of fused-ring (bicyclic) bond motifs is 1. The minimum atomic E-state index is 0.471. The molecular weight excluding hydrogens is 186 g/mol. The molecule has 0 fully saturated rings. The highest BCUT2D eigenvalue weighted by molar-refractivity contribution is 5.78. The monoisotopic (exact) mass is 203 g/mol. The van der Waals surface area contributed by atoms with E-state index >= 15 is 0 Å². The lowest BCUT2D eigenvalue weighted by Crippen LogP contribution is -1.92. The van der Waals surface area contributed by atoms with Gasteiger partial charge in [-0.1, -0.05) is 19.4 Å². The molecule has 2 heteroatoms. The molecule has 0 spiro atoms. The van der Waals surface area contributed by atoms with Crippen molar-refractivity contribution in [1.29, 1.82) is 0 Å². The van der Waals surface area contributed by atoms with Gasteiger partial charge in [-0.25, -0.2) is 0 Å². The Morgan fingerprint density at radius 1 is 1.27 bits per heavy atom. The molecule has 2 aromatic rings. The summed E-state index contributed by atoms with van der Waals surface area (Å²) in [5.41, 5.74) is 7.86. The van der Waals surface area contributed by atoms with Gasteiger partial charge in [0, 0.05) is 5.39 Å². The van der Waals surface area contributed by atoms with Crippen LogP contribution < -0.4 is 5.73 Å². The molecule has 0 unspecified atom stereocenters. The van der Waals surface area contributed by atoms with Crippen LogP contribution in [0.1, 0.15) is 31.1 Å². The van der Waals surface area contributed by atoms with Crippen LogP contribution in [0.15, 0.2) is 28.7 Å². The molecule has 0 saturated heterocycles. The third kappa shape index (κ3) is 2.21. The van der Waals surface area contributed by atoms with E-state index in [1.165, 1.54) is 23.8 Å². The van der Waals surface area contributed by atoms with E-state index in [0.717, 1.165) is 17.8 Å². The highest BCUT2D eigenvalue weighted by atomic mass is 16.3. The molecule has 80 valence electrons. The summed E-state index contributed by atoms with van der Waals surface area (Å²) >= 11 is 0. The SMILES string of the molecule is CCCCc1ccc2oc(CN)cc2c1. The van der Waals surface area contributed by atoms with E-state index in [4.69, 9.17) is 10.2 Å². The first-order chi connectivity index (χ1) is 7.33. The Morgan fingerprint density at radius 2 is 2.13 bits per heavy atom. The van der Waals surface area contributed by atoms with Crippen molar-refractivity contribution in [2.75, 3.05) is 0 Å². The molecule has 2 N–H and O–H groups in total. The number of rotatable bonds is 4. The van der Waals surface area contributed by atoms with Gasteiger partial charge in [-0.15, -0.1) is 0 Å². The van der Waals surface area contributed by atoms with Crippen LogP contribution in [0, 0.1) is 0 Å². The van der Waals surface area contributed by atoms with Gasteiger partial charge in [-0.2, -0.15) is 0 Å². The minimum absolute atomic E-state index is 0.471.